The zero-order chi connectivity index (χ0) is 15.9. The molecule has 0 unspecified atom stereocenters. The molecule has 0 aromatic heterocycles. The van der Waals surface area contributed by atoms with Crippen LogP contribution in [0.5, 0.6) is 0 Å². The molecule has 118 valence electrons. The van der Waals surface area contributed by atoms with E-state index in [0.717, 1.165) is 49.5 Å². The van der Waals surface area contributed by atoms with Gasteiger partial charge in [-0.05, 0) is 26.7 Å². The molecule has 0 saturated heterocycles. The fourth-order valence-electron chi connectivity index (χ4n) is 2.69. The van der Waals surface area contributed by atoms with Crippen LogP contribution in [0.1, 0.15) is 46.0 Å². The quantitative estimate of drug-likeness (QED) is 0.726. The summed E-state index contributed by atoms with van der Waals surface area (Å²) in [6.45, 7) is 5.82. The molecule has 0 radical (unpaired) electrons. The lowest BCUT2D eigenvalue weighted by Gasteiger charge is -2.39. The van der Waals surface area contributed by atoms with Gasteiger partial charge >= 0.3 is 0 Å². The minimum absolute atomic E-state index is 0.00189. The summed E-state index contributed by atoms with van der Waals surface area (Å²) < 4.78 is 0.761. The van der Waals surface area contributed by atoms with Crippen LogP contribution >= 0.6 is 24.0 Å². The van der Waals surface area contributed by atoms with Gasteiger partial charge in [0.05, 0.1) is 11.8 Å². The minimum atomic E-state index is -0.604. The van der Waals surface area contributed by atoms with Gasteiger partial charge in [-0.15, -0.1) is 0 Å². The molecule has 1 amide bonds. The van der Waals surface area contributed by atoms with Crippen molar-refractivity contribution in [2.75, 3.05) is 25.9 Å². The van der Waals surface area contributed by atoms with Crippen LogP contribution in [0.2, 0.25) is 0 Å². The molecule has 0 atom stereocenters. The van der Waals surface area contributed by atoms with E-state index in [0.29, 0.717) is 5.75 Å². The molecule has 1 aliphatic carbocycles. The molecule has 0 aromatic carbocycles. The second-order valence-electron chi connectivity index (χ2n) is 5.38. The summed E-state index contributed by atoms with van der Waals surface area (Å²) in [4.78, 5) is 16.1. The highest BCUT2D eigenvalue weighted by Crippen LogP contribution is 2.32. The van der Waals surface area contributed by atoms with Crippen LogP contribution in [-0.4, -0.2) is 51.5 Å². The first kappa shape index (κ1) is 18.2. The van der Waals surface area contributed by atoms with Gasteiger partial charge in [-0.25, -0.2) is 0 Å². The number of amides is 1. The molecule has 4 nitrogen and oxygen atoms in total. The number of rotatable bonds is 5. The van der Waals surface area contributed by atoms with E-state index in [-0.39, 0.29) is 5.91 Å². The first-order valence-corrected chi connectivity index (χ1v) is 8.99. The molecule has 1 saturated carbocycles. The Kier molecular flexibility index (Phi) is 7.47. The highest BCUT2D eigenvalue weighted by molar-refractivity contribution is 8.23. The maximum atomic E-state index is 12.4. The Morgan fingerprint density at radius 3 is 2.33 bits per heavy atom. The van der Waals surface area contributed by atoms with Crippen LogP contribution < -0.4 is 0 Å². The summed E-state index contributed by atoms with van der Waals surface area (Å²) in [5.41, 5.74) is -0.604. The topological polar surface area (TPSA) is 47.3 Å². The van der Waals surface area contributed by atoms with E-state index in [4.69, 9.17) is 12.2 Å². The van der Waals surface area contributed by atoms with Crippen molar-refractivity contribution >= 4 is 34.2 Å². The zero-order valence-corrected chi connectivity index (χ0v) is 14.9. The number of carbonyl (C=O) groups excluding carboxylic acids is 1. The minimum Gasteiger partial charge on any atom is -0.358 e. The molecule has 1 aliphatic rings. The maximum Gasteiger partial charge on any atom is 0.234 e. The van der Waals surface area contributed by atoms with Gasteiger partial charge < -0.3 is 9.80 Å². The Balaban J connectivity index is 2.58. The number of hydrogen-bond acceptors (Lipinski definition) is 4. The third kappa shape index (κ3) is 4.58. The summed E-state index contributed by atoms with van der Waals surface area (Å²) in [5, 5.41) is 9.52. The van der Waals surface area contributed by atoms with Crippen LogP contribution in [0.15, 0.2) is 0 Å². The van der Waals surface area contributed by atoms with E-state index in [1.165, 1.54) is 11.8 Å². The molecule has 21 heavy (non-hydrogen) atoms. The predicted octanol–water partition coefficient (Wildman–Crippen LogP) is 3.03. The number of thiocarbonyl (C=S) groups is 1. The highest BCUT2D eigenvalue weighted by Gasteiger charge is 2.38. The van der Waals surface area contributed by atoms with E-state index in [9.17, 15) is 10.1 Å². The lowest BCUT2D eigenvalue weighted by molar-refractivity contribution is -0.131. The third-order valence-corrected chi connectivity index (χ3v) is 5.75. The van der Waals surface area contributed by atoms with Crippen molar-refractivity contribution in [1.82, 2.24) is 9.80 Å². The van der Waals surface area contributed by atoms with E-state index >= 15 is 0 Å². The molecule has 0 spiro atoms. The van der Waals surface area contributed by atoms with Gasteiger partial charge in [0, 0.05) is 20.1 Å². The Hall–Kier alpha value is -0.800. The normalized spacial score (nSPS) is 16.9. The molecule has 0 heterocycles. The van der Waals surface area contributed by atoms with Gasteiger partial charge in [0.2, 0.25) is 5.91 Å². The Morgan fingerprint density at radius 2 is 1.86 bits per heavy atom. The first-order valence-electron chi connectivity index (χ1n) is 7.60. The monoisotopic (exact) mass is 327 g/mol. The van der Waals surface area contributed by atoms with E-state index in [1.807, 2.05) is 0 Å². The van der Waals surface area contributed by atoms with E-state index < -0.39 is 5.54 Å². The van der Waals surface area contributed by atoms with Crippen LogP contribution in [-0.2, 0) is 4.79 Å². The fourth-order valence-corrected chi connectivity index (χ4v) is 4.01. The van der Waals surface area contributed by atoms with Crippen molar-refractivity contribution in [3.8, 4) is 6.07 Å². The van der Waals surface area contributed by atoms with Gasteiger partial charge in [-0.2, -0.15) is 5.26 Å². The number of hydrogen-bond donors (Lipinski definition) is 0. The van der Waals surface area contributed by atoms with Crippen LogP contribution in [0.25, 0.3) is 0 Å². The van der Waals surface area contributed by atoms with Gasteiger partial charge in [-0.1, -0.05) is 43.2 Å². The summed E-state index contributed by atoms with van der Waals surface area (Å²) in [7, 11) is 1.76. The highest BCUT2D eigenvalue weighted by atomic mass is 32.2. The summed E-state index contributed by atoms with van der Waals surface area (Å²) in [5.74, 6) is 0.313. The molecule has 1 fully saturated rings. The number of nitrogens with zero attached hydrogens (tertiary/aromatic N) is 3. The Labute approximate surface area is 137 Å². The van der Waals surface area contributed by atoms with E-state index in [2.05, 4.69) is 24.8 Å². The van der Waals surface area contributed by atoms with Crippen LogP contribution in [0.3, 0.4) is 0 Å². The smallest absolute Gasteiger partial charge is 0.234 e. The fraction of sp³-hybridized carbons (Fsp3) is 0.800. The molecular weight excluding hydrogens is 302 g/mol. The predicted molar refractivity (Wildman–Crippen MR) is 92.2 cm³/mol. The zero-order valence-electron chi connectivity index (χ0n) is 13.2. The van der Waals surface area contributed by atoms with Crippen molar-refractivity contribution in [3.63, 3.8) is 0 Å². The number of nitriles is 1. The number of carbonyl (C=O) groups is 1. The summed E-state index contributed by atoms with van der Waals surface area (Å²) >= 11 is 6.74. The van der Waals surface area contributed by atoms with Crippen molar-refractivity contribution in [1.29, 1.82) is 5.26 Å². The van der Waals surface area contributed by atoms with Crippen molar-refractivity contribution in [2.24, 2.45) is 0 Å². The average Bonchev–Trinajstić information content (AvgIpc) is 2.53. The van der Waals surface area contributed by atoms with Crippen LogP contribution in [0.4, 0.5) is 0 Å². The van der Waals surface area contributed by atoms with Crippen molar-refractivity contribution in [3.05, 3.63) is 0 Å². The van der Waals surface area contributed by atoms with Gasteiger partial charge in [-0.3, -0.25) is 4.79 Å². The lowest BCUT2D eigenvalue weighted by atomic mass is 9.81. The van der Waals surface area contributed by atoms with Crippen molar-refractivity contribution < 1.29 is 4.79 Å². The Bertz CT molecular complexity index is 410. The molecular formula is C15H25N3OS2. The average molecular weight is 328 g/mol. The van der Waals surface area contributed by atoms with Gasteiger partial charge in [0.15, 0.2) is 0 Å². The molecule has 0 N–H and O–H groups in total. The van der Waals surface area contributed by atoms with E-state index in [1.54, 1.807) is 11.9 Å². The van der Waals surface area contributed by atoms with Crippen molar-refractivity contribution in [2.45, 2.75) is 51.5 Å². The third-order valence-electron chi connectivity index (χ3n) is 4.25. The molecule has 1 rings (SSSR count). The second-order valence-corrected chi connectivity index (χ2v) is 6.99. The van der Waals surface area contributed by atoms with Crippen LogP contribution in [0, 0.1) is 11.3 Å². The van der Waals surface area contributed by atoms with Gasteiger partial charge in [0.25, 0.3) is 0 Å². The second kappa shape index (κ2) is 8.60. The largest absolute Gasteiger partial charge is 0.358 e. The standard InChI is InChI=1S/C15H25N3OS2/c1-4-18(5-2)14(20)21-11-13(19)17(3)15(12-16)9-7-6-8-10-15/h4-11H2,1-3H3. The maximum absolute atomic E-state index is 12.4. The molecule has 0 bridgehead atoms. The Morgan fingerprint density at radius 1 is 1.29 bits per heavy atom. The first-order chi connectivity index (χ1) is 10.0. The lowest BCUT2D eigenvalue weighted by Crippen LogP contribution is -2.50. The van der Waals surface area contributed by atoms with Gasteiger partial charge in [0.1, 0.15) is 9.86 Å². The SMILES string of the molecule is CCN(CC)C(=S)SCC(=O)N(C)C1(C#N)CCCCC1. The summed E-state index contributed by atoms with van der Waals surface area (Å²) in [6, 6.07) is 2.38. The summed E-state index contributed by atoms with van der Waals surface area (Å²) in [6.07, 6.45) is 4.78. The molecule has 0 aliphatic heterocycles. The molecule has 6 heteroatoms. The number of thioether (sulfide) groups is 1. The molecule has 0 aromatic rings.